The summed E-state index contributed by atoms with van der Waals surface area (Å²) in [7, 11) is -3.24. The van der Waals surface area contributed by atoms with Gasteiger partial charge in [0, 0.05) is 11.6 Å². The fourth-order valence-corrected chi connectivity index (χ4v) is 4.26. The summed E-state index contributed by atoms with van der Waals surface area (Å²) in [5.41, 5.74) is 1.60. The molecule has 0 radical (unpaired) electrons. The van der Waals surface area contributed by atoms with Crippen LogP contribution in [0.2, 0.25) is 0 Å². The topological polar surface area (TPSA) is 46.2 Å². The molecular formula is C14H20ClNO2S. The Bertz CT molecular complexity index is 493. The maximum atomic E-state index is 12.1. The predicted molar refractivity (Wildman–Crippen MR) is 80.0 cm³/mol. The van der Waals surface area contributed by atoms with Crippen molar-refractivity contribution in [2.24, 2.45) is 5.92 Å². The molecule has 1 N–H and O–H groups in total. The lowest BCUT2D eigenvalue weighted by Crippen LogP contribution is -2.24. The summed E-state index contributed by atoms with van der Waals surface area (Å²) in [6.07, 6.45) is 5.62. The molecule has 5 heteroatoms. The van der Waals surface area contributed by atoms with Gasteiger partial charge in [-0.05, 0) is 36.5 Å². The molecule has 0 saturated heterocycles. The van der Waals surface area contributed by atoms with Gasteiger partial charge in [0.05, 0.1) is 5.75 Å². The molecule has 1 saturated carbocycles. The standard InChI is InChI=1S/C14H20ClNO2S/c15-10-12-6-8-14(9-7-12)16-19(17,18)11-13-4-2-1-3-5-13/h6-9,13,16H,1-5,10-11H2. The van der Waals surface area contributed by atoms with Crippen molar-refractivity contribution in [3.8, 4) is 0 Å². The van der Waals surface area contributed by atoms with Gasteiger partial charge in [-0.25, -0.2) is 8.42 Å². The third kappa shape index (κ3) is 4.69. The molecule has 0 spiro atoms. The number of anilines is 1. The number of sulfonamides is 1. The van der Waals surface area contributed by atoms with Crippen LogP contribution in [0.1, 0.15) is 37.7 Å². The highest BCUT2D eigenvalue weighted by atomic mass is 35.5. The van der Waals surface area contributed by atoms with Crippen molar-refractivity contribution in [1.29, 1.82) is 0 Å². The SMILES string of the molecule is O=S(=O)(CC1CCCCC1)Nc1ccc(CCl)cc1. The zero-order valence-electron chi connectivity index (χ0n) is 10.9. The largest absolute Gasteiger partial charge is 0.284 e. The molecule has 1 aliphatic rings. The number of rotatable bonds is 5. The number of benzene rings is 1. The smallest absolute Gasteiger partial charge is 0.232 e. The highest BCUT2D eigenvalue weighted by molar-refractivity contribution is 7.92. The van der Waals surface area contributed by atoms with Crippen LogP contribution in [0.15, 0.2) is 24.3 Å². The summed E-state index contributed by atoms with van der Waals surface area (Å²) in [5.74, 6) is 0.993. The average molecular weight is 302 g/mol. The Morgan fingerprint density at radius 3 is 2.32 bits per heavy atom. The molecule has 0 aliphatic heterocycles. The van der Waals surface area contributed by atoms with Crippen LogP contribution >= 0.6 is 11.6 Å². The Morgan fingerprint density at radius 1 is 1.11 bits per heavy atom. The molecular weight excluding hydrogens is 282 g/mol. The highest BCUT2D eigenvalue weighted by Crippen LogP contribution is 2.25. The van der Waals surface area contributed by atoms with E-state index in [1.54, 1.807) is 12.1 Å². The van der Waals surface area contributed by atoms with E-state index in [-0.39, 0.29) is 5.75 Å². The first-order valence-corrected chi connectivity index (χ1v) is 8.93. The number of alkyl halides is 1. The van der Waals surface area contributed by atoms with E-state index >= 15 is 0 Å². The monoisotopic (exact) mass is 301 g/mol. The van der Waals surface area contributed by atoms with E-state index < -0.39 is 10.0 Å². The minimum atomic E-state index is -3.24. The van der Waals surface area contributed by atoms with Crippen molar-refractivity contribution in [3.63, 3.8) is 0 Å². The zero-order valence-corrected chi connectivity index (χ0v) is 12.5. The first-order valence-electron chi connectivity index (χ1n) is 6.74. The molecule has 1 aliphatic carbocycles. The Hall–Kier alpha value is -0.740. The van der Waals surface area contributed by atoms with Crippen molar-refractivity contribution >= 4 is 27.3 Å². The molecule has 0 bridgehead atoms. The molecule has 1 aromatic carbocycles. The van der Waals surface area contributed by atoms with Gasteiger partial charge in [0.2, 0.25) is 10.0 Å². The van der Waals surface area contributed by atoms with Gasteiger partial charge in [-0.2, -0.15) is 0 Å². The lowest BCUT2D eigenvalue weighted by atomic mass is 9.91. The lowest BCUT2D eigenvalue weighted by molar-refractivity contribution is 0.385. The van der Waals surface area contributed by atoms with E-state index in [0.29, 0.717) is 17.5 Å². The van der Waals surface area contributed by atoms with Gasteiger partial charge in [0.1, 0.15) is 0 Å². The minimum Gasteiger partial charge on any atom is -0.284 e. The maximum Gasteiger partial charge on any atom is 0.232 e. The Morgan fingerprint density at radius 2 is 1.74 bits per heavy atom. The second-order valence-electron chi connectivity index (χ2n) is 5.22. The van der Waals surface area contributed by atoms with Crippen LogP contribution in [-0.2, 0) is 15.9 Å². The van der Waals surface area contributed by atoms with Crippen LogP contribution in [0.5, 0.6) is 0 Å². The number of nitrogens with one attached hydrogen (secondary N) is 1. The molecule has 19 heavy (non-hydrogen) atoms. The van der Waals surface area contributed by atoms with Crippen LogP contribution in [0.3, 0.4) is 0 Å². The van der Waals surface area contributed by atoms with E-state index in [9.17, 15) is 8.42 Å². The maximum absolute atomic E-state index is 12.1. The predicted octanol–water partition coefficient (Wildman–Crippen LogP) is 3.75. The Kier molecular flexibility index (Phi) is 5.11. The third-order valence-electron chi connectivity index (χ3n) is 3.56. The second kappa shape index (κ2) is 6.62. The second-order valence-corrected chi connectivity index (χ2v) is 7.25. The highest BCUT2D eigenvalue weighted by Gasteiger charge is 2.21. The summed E-state index contributed by atoms with van der Waals surface area (Å²) >= 11 is 5.70. The van der Waals surface area contributed by atoms with Gasteiger partial charge in [0.15, 0.2) is 0 Å². The van der Waals surface area contributed by atoms with Gasteiger partial charge < -0.3 is 0 Å². The minimum absolute atomic E-state index is 0.240. The molecule has 0 unspecified atom stereocenters. The molecule has 2 rings (SSSR count). The van der Waals surface area contributed by atoms with E-state index in [4.69, 9.17) is 11.6 Å². The summed E-state index contributed by atoms with van der Waals surface area (Å²) in [5, 5.41) is 0. The van der Waals surface area contributed by atoms with E-state index in [2.05, 4.69) is 4.72 Å². The van der Waals surface area contributed by atoms with Crippen molar-refractivity contribution in [1.82, 2.24) is 0 Å². The van der Waals surface area contributed by atoms with Crippen LogP contribution in [0.25, 0.3) is 0 Å². The van der Waals surface area contributed by atoms with E-state index in [1.807, 2.05) is 12.1 Å². The molecule has 3 nitrogen and oxygen atoms in total. The van der Waals surface area contributed by atoms with Crippen molar-refractivity contribution < 1.29 is 8.42 Å². The van der Waals surface area contributed by atoms with Crippen molar-refractivity contribution in [2.45, 2.75) is 38.0 Å². The first kappa shape index (κ1) is 14.7. The Labute approximate surface area is 120 Å². The van der Waals surface area contributed by atoms with Crippen LogP contribution in [0, 0.1) is 5.92 Å². The number of hydrogen-bond donors (Lipinski definition) is 1. The molecule has 0 atom stereocenters. The summed E-state index contributed by atoms with van der Waals surface area (Å²) in [4.78, 5) is 0. The molecule has 1 fully saturated rings. The zero-order chi connectivity index (χ0) is 13.7. The van der Waals surface area contributed by atoms with Crippen molar-refractivity contribution in [2.75, 3.05) is 10.5 Å². The number of halogens is 1. The molecule has 0 heterocycles. The normalized spacial score (nSPS) is 17.3. The molecule has 106 valence electrons. The van der Waals surface area contributed by atoms with Crippen molar-refractivity contribution in [3.05, 3.63) is 29.8 Å². The van der Waals surface area contributed by atoms with Gasteiger partial charge in [-0.3, -0.25) is 4.72 Å². The van der Waals surface area contributed by atoms with E-state index in [0.717, 1.165) is 31.2 Å². The molecule has 0 amide bonds. The van der Waals surface area contributed by atoms with Gasteiger partial charge in [0.25, 0.3) is 0 Å². The molecule has 1 aromatic rings. The quantitative estimate of drug-likeness (QED) is 0.842. The van der Waals surface area contributed by atoms with Crippen LogP contribution in [0.4, 0.5) is 5.69 Å². The fourth-order valence-electron chi connectivity index (χ4n) is 2.55. The van der Waals surface area contributed by atoms with Crippen LogP contribution in [-0.4, -0.2) is 14.2 Å². The van der Waals surface area contributed by atoms with Gasteiger partial charge in [-0.15, -0.1) is 11.6 Å². The summed E-state index contributed by atoms with van der Waals surface area (Å²) in [6.45, 7) is 0. The van der Waals surface area contributed by atoms with Crippen LogP contribution < -0.4 is 4.72 Å². The molecule has 0 aromatic heterocycles. The number of hydrogen-bond acceptors (Lipinski definition) is 2. The Balaban J connectivity index is 1.95. The fraction of sp³-hybridized carbons (Fsp3) is 0.571. The van der Waals surface area contributed by atoms with E-state index in [1.165, 1.54) is 6.42 Å². The van der Waals surface area contributed by atoms with Gasteiger partial charge >= 0.3 is 0 Å². The summed E-state index contributed by atoms with van der Waals surface area (Å²) in [6, 6.07) is 7.20. The lowest BCUT2D eigenvalue weighted by Gasteiger charge is -2.21. The third-order valence-corrected chi connectivity index (χ3v) is 5.33. The first-order chi connectivity index (χ1) is 9.09. The van der Waals surface area contributed by atoms with Gasteiger partial charge in [-0.1, -0.05) is 31.4 Å². The summed E-state index contributed by atoms with van der Waals surface area (Å²) < 4.78 is 26.8. The average Bonchev–Trinajstić information content (AvgIpc) is 2.39.